The van der Waals surface area contributed by atoms with Gasteiger partial charge in [-0.25, -0.2) is 0 Å². The largest absolute Gasteiger partial charge is 0.497 e. The third-order valence-corrected chi connectivity index (χ3v) is 5.25. The number of carbonyl (C=O) groups is 1. The highest BCUT2D eigenvalue weighted by Crippen LogP contribution is 2.39. The van der Waals surface area contributed by atoms with Gasteiger partial charge in [-0.05, 0) is 65.9 Å². The van der Waals surface area contributed by atoms with Crippen LogP contribution in [0.5, 0.6) is 17.2 Å². The van der Waals surface area contributed by atoms with E-state index in [-0.39, 0.29) is 0 Å². The number of hydrogen-bond acceptors (Lipinski definition) is 5. The van der Waals surface area contributed by atoms with Crippen molar-refractivity contribution in [1.29, 1.82) is 0 Å². The molecule has 3 aromatic carbocycles. The number of rotatable bonds is 11. The van der Waals surface area contributed by atoms with Crippen molar-refractivity contribution in [2.45, 2.75) is 24.9 Å². The highest BCUT2D eigenvalue weighted by atomic mass is 16.5. The zero-order chi connectivity index (χ0) is 22.1. The molecular formula is C26H28O5. The smallest absolute Gasteiger partial charge is 0.140 e. The van der Waals surface area contributed by atoms with Crippen LogP contribution in [0.4, 0.5) is 0 Å². The predicted molar refractivity (Wildman–Crippen MR) is 120 cm³/mol. The zero-order valence-corrected chi connectivity index (χ0v) is 17.9. The number of unbranched alkanes of at least 4 members (excludes halogenated alkanes) is 2. The van der Waals surface area contributed by atoms with Gasteiger partial charge in [-0.1, -0.05) is 36.4 Å². The van der Waals surface area contributed by atoms with Gasteiger partial charge in [0.25, 0.3) is 0 Å². The molecule has 0 saturated heterocycles. The van der Waals surface area contributed by atoms with Gasteiger partial charge in [-0.3, -0.25) is 0 Å². The van der Waals surface area contributed by atoms with Gasteiger partial charge in [0.15, 0.2) is 0 Å². The summed E-state index contributed by atoms with van der Waals surface area (Å²) in [4.78, 5) is 10.5. The summed E-state index contributed by atoms with van der Waals surface area (Å²) in [5, 5.41) is 12.0. The molecule has 3 rings (SSSR count). The van der Waals surface area contributed by atoms with Crippen LogP contribution in [0.3, 0.4) is 0 Å². The minimum absolute atomic E-state index is 0.515. The van der Waals surface area contributed by atoms with E-state index in [1.165, 1.54) is 0 Å². The molecule has 31 heavy (non-hydrogen) atoms. The van der Waals surface area contributed by atoms with Crippen LogP contribution in [0.1, 0.15) is 36.0 Å². The van der Waals surface area contributed by atoms with Gasteiger partial charge >= 0.3 is 0 Å². The first-order valence-electron chi connectivity index (χ1n) is 10.3. The van der Waals surface area contributed by atoms with Crippen molar-refractivity contribution in [1.82, 2.24) is 0 Å². The van der Waals surface area contributed by atoms with Gasteiger partial charge in [-0.2, -0.15) is 0 Å². The number of hydrogen-bond donors (Lipinski definition) is 1. The van der Waals surface area contributed by atoms with Crippen LogP contribution < -0.4 is 14.2 Å². The maximum absolute atomic E-state index is 12.0. The number of benzene rings is 3. The lowest BCUT2D eigenvalue weighted by atomic mass is 9.80. The van der Waals surface area contributed by atoms with Crippen LogP contribution in [0.25, 0.3) is 0 Å². The van der Waals surface area contributed by atoms with Crippen molar-refractivity contribution in [2.24, 2.45) is 0 Å². The molecule has 3 aromatic rings. The maximum Gasteiger partial charge on any atom is 0.140 e. The summed E-state index contributed by atoms with van der Waals surface area (Å²) < 4.78 is 16.4. The molecule has 162 valence electrons. The number of aliphatic hydroxyl groups is 1. The van der Waals surface area contributed by atoms with Crippen LogP contribution >= 0.6 is 0 Å². The van der Waals surface area contributed by atoms with E-state index in [0.717, 1.165) is 19.1 Å². The lowest BCUT2D eigenvalue weighted by Crippen LogP contribution is -2.28. The number of aldehydes is 1. The number of methoxy groups -OCH3 is 2. The van der Waals surface area contributed by atoms with Crippen molar-refractivity contribution in [3.8, 4) is 17.2 Å². The summed E-state index contributed by atoms with van der Waals surface area (Å²) in [5.74, 6) is 2.10. The summed E-state index contributed by atoms with van der Waals surface area (Å²) in [6, 6.07) is 22.2. The topological polar surface area (TPSA) is 65.0 Å². The first-order valence-corrected chi connectivity index (χ1v) is 10.3. The van der Waals surface area contributed by atoms with E-state index < -0.39 is 5.60 Å². The Kier molecular flexibility index (Phi) is 7.68. The van der Waals surface area contributed by atoms with Gasteiger partial charge < -0.3 is 24.1 Å². The Morgan fingerprint density at radius 2 is 1.35 bits per heavy atom. The van der Waals surface area contributed by atoms with Gasteiger partial charge in [0.05, 0.1) is 20.8 Å². The monoisotopic (exact) mass is 420 g/mol. The van der Waals surface area contributed by atoms with Crippen LogP contribution in [-0.4, -0.2) is 32.2 Å². The summed E-state index contributed by atoms with van der Waals surface area (Å²) >= 11 is 0. The van der Waals surface area contributed by atoms with Crippen molar-refractivity contribution in [3.63, 3.8) is 0 Å². The fourth-order valence-corrected chi connectivity index (χ4v) is 3.50. The fraction of sp³-hybridized carbons (Fsp3) is 0.269. The highest BCUT2D eigenvalue weighted by molar-refractivity contribution is 5.50. The average molecular weight is 421 g/mol. The summed E-state index contributed by atoms with van der Waals surface area (Å²) in [6.45, 7) is 0.515. The lowest BCUT2D eigenvalue weighted by Gasteiger charge is -2.30. The molecule has 0 aliphatic rings. The summed E-state index contributed by atoms with van der Waals surface area (Å²) in [6.07, 6.45) is 3.05. The first-order chi connectivity index (χ1) is 15.1. The molecule has 0 spiro atoms. The molecule has 0 atom stereocenters. The molecule has 1 N–H and O–H groups in total. The average Bonchev–Trinajstić information content (AvgIpc) is 2.83. The molecule has 0 aliphatic heterocycles. The summed E-state index contributed by atoms with van der Waals surface area (Å²) in [7, 11) is 3.22. The Morgan fingerprint density at radius 3 is 1.87 bits per heavy atom. The second kappa shape index (κ2) is 10.6. The van der Waals surface area contributed by atoms with E-state index in [0.29, 0.717) is 47.0 Å². The van der Waals surface area contributed by atoms with Crippen molar-refractivity contribution in [3.05, 3.63) is 89.5 Å². The predicted octanol–water partition coefficient (Wildman–Crippen LogP) is 4.74. The van der Waals surface area contributed by atoms with E-state index in [9.17, 15) is 9.90 Å². The molecule has 0 heterocycles. The third-order valence-electron chi connectivity index (χ3n) is 5.25. The van der Waals surface area contributed by atoms with E-state index >= 15 is 0 Å². The maximum atomic E-state index is 12.0. The van der Waals surface area contributed by atoms with Crippen LogP contribution in [0.2, 0.25) is 0 Å². The Labute approximate surface area is 183 Å². The Hall–Kier alpha value is -3.31. The van der Waals surface area contributed by atoms with E-state index in [2.05, 4.69) is 0 Å². The molecular weight excluding hydrogens is 392 g/mol. The Morgan fingerprint density at radius 1 is 0.774 bits per heavy atom. The minimum Gasteiger partial charge on any atom is -0.497 e. The Balaban J connectivity index is 1.97. The lowest BCUT2D eigenvalue weighted by molar-refractivity contribution is -0.107. The molecule has 0 amide bonds. The molecule has 0 radical (unpaired) electrons. The van der Waals surface area contributed by atoms with Crippen molar-refractivity contribution >= 4 is 6.29 Å². The molecule has 0 fully saturated rings. The standard InChI is InChI=1S/C26H28O5/c1-29-23-13-9-20(10-14-23)26(28,21-11-15-24(30-2)16-12-21)22-7-6-8-25(19-22)31-18-5-3-4-17-27/h6-17,19,28H,3-5,18H2,1-2H3. The highest BCUT2D eigenvalue weighted by Gasteiger charge is 2.34. The molecule has 5 nitrogen and oxygen atoms in total. The summed E-state index contributed by atoms with van der Waals surface area (Å²) in [5.41, 5.74) is 0.714. The van der Waals surface area contributed by atoms with Crippen molar-refractivity contribution in [2.75, 3.05) is 20.8 Å². The van der Waals surface area contributed by atoms with Crippen LogP contribution in [0.15, 0.2) is 72.8 Å². The van der Waals surface area contributed by atoms with Crippen molar-refractivity contribution < 1.29 is 24.1 Å². The second-order valence-corrected chi connectivity index (χ2v) is 7.21. The SMILES string of the molecule is COc1ccc(C(O)(c2ccc(OC)cc2)c2cccc(OCCCCC=O)c2)cc1. The zero-order valence-electron chi connectivity index (χ0n) is 17.9. The van der Waals surface area contributed by atoms with Crippen LogP contribution in [0, 0.1) is 0 Å². The molecule has 0 bridgehead atoms. The Bertz CT molecular complexity index is 916. The van der Waals surface area contributed by atoms with Gasteiger partial charge in [0, 0.05) is 6.42 Å². The first kappa shape index (κ1) is 22.4. The molecule has 0 saturated carbocycles. The molecule has 0 unspecified atom stereocenters. The third kappa shape index (κ3) is 5.25. The normalized spacial score (nSPS) is 11.1. The van der Waals surface area contributed by atoms with E-state index in [1.54, 1.807) is 14.2 Å². The number of ether oxygens (including phenoxy) is 3. The fourth-order valence-electron chi connectivity index (χ4n) is 3.50. The van der Waals surface area contributed by atoms with Gasteiger partial charge in [0.2, 0.25) is 0 Å². The number of carbonyl (C=O) groups excluding carboxylic acids is 1. The van der Waals surface area contributed by atoms with E-state index in [1.807, 2.05) is 72.8 Å². The molecule has 5 heteroatoms. The van der Waals surface area contributed by atoms with Gasteiger partial charge in [0.1, 0.15) is 29.1 Å². The second-order valence-electron chi connectivity index (χ2n) is 7.21. The minimum atomic E-state index is -1.39. The van der Waals surface area contributed by atoms with Gasteiger partial charge in [-0.15, -0.1) is 0 Å². The van der Waals surface area contributed by atoms with Crippen LogP contribution in [-0.2, 0) is 10.4 Å². The molecule has 0 aliphatic carbocycles. The quantitative estimate of drug-likeness (QED) is 0.276. The molecule has 0 aromatic heterocycles. The van der Waals surface area contributed by atoms with E-state index in [4.69, 9.17) is 14.2 Å².